The standard InChI is InChI=1S/C11H14F3N/c1-3-11(15,4-2)7-5-6-8(12)10(14)9(7)13/h5-6H,3-4,15H2,1-2H3. The van der Waals surface area contributed by atoms with Crippen LogP contribution in [0.1, 0.15) is 32.3 Å². The zero-order valence-electron chi connectivity index (χ0n) is 8.78. The molecule has 15 heavy (non-hydrogen) atoms. The molecular weight excluding hydrogens is 203 g/mol. The molecule has 84 valence electrons. The predicted octanol–water partition coefficient (Wildman–Crippen LogP) is 3.08. The van der Waals surface area contributed by atoms with Crippen molar-refractivity contribution in [2.75, 3.05) is 0 Å². The summed E-state index contributed by atoms with van der Waals surface area (Å²) in [5, 5.41) is 0. The fourth-order valence-corrected chi connectivity index (χ4v) is 1.54. The minimum absolute atomic E-state index is 0.0337. The van der Waals surface area contributed by atoms with Gasteiger partial charge in [-0.2, -0.15) is 0 Å². The number of halogens is 3. The molecule has 0 saturated heterocycles. The molecule has 0 aliphatic heterocycles. The van der Waals surface area contributed by atoms with Crippen molar-refractivity contribution in [3.05, 3.63) is 35.1 Å². The van der Waals surface area contributed by atoms with Gasteiger partial charge in [-0.1, -0.05) is 19.9 Å². The summed E-state index contributed by atoms with van der Waals surface area (Å²) in [5.74, 6) is -3.82. The Balaban J connectivity index is 3.32. The molecule has 0 amide bonds. The van der Waals surface area contributed by atoms with E-state index < -0.39 is 23.0 Å². The van der Waals surface area contributed by atoms with Crippen LogP contribution in [0.25, 0.3) is 0 Å². The smallest absolute Gasteiger partial charge is 0.194 e. The summed E-state index contributed by atoms with van der Waals surface area (Å²) in [6.07, 6.45) is 0.928. The third-order valence-electron chi connectivity index (χ3n) is 2.83. The first kappa shape index (κ1) is 12.0. The number of rotatable bonds is 3. The van der Waals surface area contributed by atoms with Crippen LogP contribution in [0.4, 0.5) is 13.2 Å². The first-order chi connectivity index (χ1) is 6.96. The molecule has 4 heteroatoms. The van der Waals surface area contributed by atoms with Gasteiger partial charge in [0.2, 0.25) is 0 Å². The Labute approximate surface area is 87.1 Å². The van der Waals surface area contributed by atoms with Crippen molar-refractivity contribution >= 4 is 0 Å². The van der Waals surface area contributed by atoms with E-state index in [2.05, 4.69) is 0 Å². The van der Waals surface area contributed by atoms with Gasteiger partial charge in [-0.3, -0.25) is 0 Å². The van der Waals surface area contributed by atoms with Crippen molar-refractivity contribution in [1.82, 2.24) is 0 Å². The minimum Gasteiger partial charge on any atom is -0.321 e. The van der Waals surface area contributed by atoms with Crippen LogP contribution in [0.5, 0.6) is 0 Å². The van der Waals surface area contributed by atoms with E-state index >= 15 is 0 Å². The van der Waals surface area contributed by atoms with Gasteiger partial charge in [0.15, 0.2) is 17.5 Å². The van der Waals surface area contributed by atoms with Crippen LogP contribution in [0, 0.1) is 17.5 Å². The molecule has 0 unspecified atom stereocenters. The van der Waals surface area contributed by atoms with Crippen LogP contribution in [-0.2, 0) is 5.54 Å². The largest absolute Gasteiger partial charge is 0.321 e. The lowest BCUT2D eigenvalue weighted by Gasteiger charge is -2.27. The second-order valence-corrected chi connectivity index (χ2v) is 3.59. The average molecular weight is 217 g/mol. The highest BCUT2D eigenvalue weighted by atomic mass is 19.2. The van der Waals surface area contributed by atoms with Gasteiger partial charge in [-0.25, -0.2) is 13.2 Å². The van der Waals surface area contributed by atoms with E-state index in [-0.39, 0.29) is 5.56 Å². The van der Waals surface area contributed by atoms with Crippen molar-refractivity contribution in [1.29, 1.82) is 0 Å². The Hall–Kier alpha value is -1.03. The third-order valence-corrected chi connectivity index (χ3v) is 2.83. The lowest BCUT2D eigenvalue weighted by Crippen LogP contribution is -2.36. The molecule has 0 aromatic heterocycles. The van der Waals surface area contributed by atoms with Crippen LogP contribution in [0.2, 0.25) is 0 Å². The van der Waals surface area contributed by atoms with E-state index in [9.17, 15) is 13.2 Å². The van der Waals surface area contributed by atoms with E-state index in [4.69, 9.17) is 5.73 Å². The molecule has 0 heterocycles. The van der Waals surface area contributed by atoms with E-state index in [1.165, 1.54) is 6.07 Å². The maximum Gasteiger partial charge on any atom is 0.194 e. The molecule has 1 aromatic rings. The van der Waals surface area contributed by atoms with Gasteiger partial charge < -0.3 is 5.73 Å². The Morgan fingerprint density at radius 3 is 2.07 bits per heavy atom. The number of hydrogen-bond acceptors (Lipinski definition) is 1. The Morgan fingerprint density at radius 2 is 1.60 bits per heavy atom. The van der Waals surface area contributed by atoms with E-state index in [0.717, 1.165) is 6.07 Å². The Morgan fingerprint density at radius 1 is 1.07 bits per heavy atom. The lowest BCUT2D eigenvalue weighted by molar-refractivity contribution is 0.369. The summed E-state index contributed by atoms with van der Waals surface area (Å²) in [4.78, 5) is 0. The van der Waals surface area contributed by atoms with E-state index in [1.54, 1.807) is 13.8 Å². The highest BCUT2D eigenvalue weighted by Gasteiger charge is 2.28. The Kier molecular flexibility index (Phi) is 3.39. The minimum atomic E-state index is -1.45. The number of nitrogens with two attached hydrogens (primary N) is 1. The molecule has 0 aliphatic rings. The summed E-state index contributed by atoms with van der Waals surface area (Å²) >= 11 is 0. The van der Waals surface area contributed by atoms with Gasteiger partial charge >= 0.3 is 0 Å². The van der Waals surface area contributed by atoms with Crippen LogP contribution in [-0.4, -0.2) is 0 Å². The maximum atomic E-state index is 13.4. The summed E-state index contributed by atoms with van der Waals surface area (Å²) < 4.78 is 39.1. The molecular formula is C11H14F3N. The molecule has 2 N–H and O–H groups in total. The molecule has 1 aromatic carbocycles. The van der Waals surface area contributed by atoms with Crippen molar-refractivity contribution in [3.8, 4) is 0 Å². The third kappa shape index (κ3) is 2.00. The molecule has 1 rings (SSSR count). The zero-order chi connectivity index (χ0) is 11.6. The Bertz CT molecular complexity index is 359. The average Bonchev–Trinajstić information content (AvgIpc) is 2.25. The van der Waals surface area contributed by atoms with Gasteiger partial charge in [0.05, 0.1) is 0 Å². The fraction of sp³-hybridized carbons (Fsp3) is 0.455. The second-order valence-electron chi connectivity index (χ2n) is 3.59. The summed E-state index contributed by atoms with van der Waals surface area (Å²) in [6.45, 7) is 3.56. The van der Waals surface area contributed by atoms with Crippen molar-refractivity contribution in [3.63, 3.8) is 0 Å². The van der Waals surface area contributed by atoms with Gasteiger partial charge in [-0.15, -0.1) is 0 Å². The van der Waals surface area contributed by atoms with Crippen molar-refractivity contribution in [2.24, 2.45) is 5.73 Å². The normalized spacial score (nSPS) is 11.9. The highest BCUT2D eigenvalue weighted by Crippen LogP contribution is 2.29. The van der Waals surface area contributed by atoms with Gasteiger partial charge in [0.1, 0.15) is 0 Å². The van der Waals surface area contributed by atoms with Crippen LogP contribution < -0.4 is 5.73 Å². The summed E-state index contributed by atoms with van der Waals surface area (Å²) in [7, 11) is 0. The molecule has 1 nitrogen and oxygen atoms in total. The first-order valence-corrected chi connectivity index (χ1v) is 4.89. The molecule has 0 aliphatic carbocycles. The van der Waals surface area contributed by atoms with Gasteiger partial charge in [0, 0.05) is 11.1 Å². The zero-order valence-corrected chi connectivity index (χ0v) is 8.78. The molecule has 0 spiro atoms. The van der Waals surface area contributed by atoms with Crippen LogP contribution in [0.15, 0.2) is 12.1 Å². The highest BCUT2D eigenvalue weighted by molar-refractivity contribution is 5.27. The predicted molar refractivity (Wildman–Crippen MR) is 52.8 cm³/mol. The molecule has 0 fully saturated rings. The van der Waals surface area contributed by atoms with E-state index in [1.807, 2.05) is 0 Å². The van der Waals surface area contributed by atoms with Crippen LogP contribution >= 0.6 is 0 Å². The van der Waals surface area contributed by atoms with E-state index in [0.29, 0.717) is 12.8 Å². The molecule has 0 radical (unpaired) electrons. The fourth-order valence-electron chi connectivity index (χ4n) is 1.54. The van der Waals surface area contributed by atoms with Crippen molar-refractivity contribution in [2.45, 2.75) is 32.2 Å². The topological polar surface area (TPSA) is 26.0 Å². The summed E-state index contributed by atoms with van der Waals surface area (Å²) in [6, 6.07) is 2.11. The summed E-state index contributed by atoms with van der Waals surface area (Å²) in [5.41, 5.74) is 5.01. The SMILES string of the molecule is CCC(N)(CC)c1ccc(F)c(F)c1F. The molecule has 0 bridgehead atoms. The number of benzene rings is 1. The van der Waals surface area contributed by atoms with Crippen LogP contribution in [0.3, 0.4) is 0 Å². The monoisotopic (exact) mass is 217 g/mol. The van der Waals surface area contributed by atoms with Crippen molar-refractivity contribution < 1.29 is 13.2 Å². The van der Waals surface area contributed by atoms with Gasteiger partial charge in [-0.05, 0) is 18.9 Å². The first-order valence-electron chi connectivity index (χ1n) is 4.89. The number of hydrogen-bond donors (Lipinski definition) is 1. The quantitative estimate of drug-likeness (QED) is 0.773. The second kappa shape index (κ2) is 4.23. The maximum absolute atomic E-state index is 13.4. The van der Waals surface area contributed by atoms with Gasteiger partial charge in [0.25, 0.3) is 0 Å². The molecule has 0 saturated carbocycles. The molecule has 0 atom stereocenters. The lowest BCUT2D eigenvalue weighted by atomic mass is 9.85.